The molecule has 0 saturated carbocycles. The van der Waals surface area contributed by atoms with Crippen molar-refractivity contribution in [2.24, 2.45) is 0 Å². The topological polar surface area (TPSA) is 86.5 Å². The zero-order chi connectivity index (χ0) is 20.3. The van der Waals surface area contributed by atoms with Crippen LogP contribution in [0.1, 0.15) is 5.56 Å². The van der Waals surface area contributed by atoms with Crippen molar-refractivity contribution in [1.82, 2.24) is 0 Å². The lowest BCUT2D eigenvalue weighted by Gasteiger charge is -2.12. The van der Waals surface area contributed by atoms with Crippen LogP contribution in [0.5, 0.6) is 5.75 Å². The molecule has 3 rings (SSSR count). The van der Waals surface area contributed by atoms with Gasteiger partial charge in [-0.25, -0.2) is 12.8 Å². The van der Waals surface area contributed by atoms with Gasteiger partial charge >= 0.3 is 0 Å². The van der Waals surface area contributed by atoms with Crippen LogP contribution in [0.15, 0.2) is 71.6 Å². The van der Waals surface area contributed by atoms with Crippen molar-refractivity contribution in [2.75, 3.05) is 7.11 Å². The molecule has 0 amide bonds. The second-order valence-electron chi connectivity index (χ2n) is 6.06. The molecule has 6 nitrogen and oxygen atoms in total. The Morgan fingerprint density at radius 3 is 2.39 bits per heavy atom. The molecule has 0 fully saturated rings. The second kappa shape index (κ2) is 7.77. The first-order chi connectivity index (χ1) is 13.3. The van der Waals surface area contributed by atoms with Crippen LogP contribution in [0, 0.1) is 15.9 Å². The molecule has 0 aliphatic carbocycles. The number of hydrogen-bond donors (Lipinski definition) is 0. The van der Waals surface area contributed by atoms with Gasteiger partial charge in [-0.15, -0.1) is 0 Å². The van der Waals surface area contributed by atoms with Gasteiger partial charge in [-0.3, -0.25) is 10.1 Å². The number of ether oxygens (including phenoxy) is 1. The Labute approximate surface area is 161 Å². The summed E-state index contributed by atoms with van der Waals surface area (Å²) < 4.78 is 43.6. The molecular weight excluding hydrogens is 385 g/mol. The fraction of sp³-hybridized carbons (Fsp3) is 0.100. The lowest BCUT2D eigenvalue weighted by molar-refractivity contribution is -0.384. The highest BCUT2D eigenvalue weighted by Crippen LogP contribution is 2.33. The number of nitrogens with zero attached hydrogens (tertiary/aromatic N) is 1. The standard InChI is InChI=1S/C20H16FNO5S/c1-27-20-10-5-14(13-28(25,26)18-8-6-16(21)7-9-18)11-19(20)15-3-2-4-17(12-15)22(23)24/h2-12H,13H2,1H3. The van der Waals surface area contributed by atoms with Crippen molar-refractivity contribution in [3.63, 3.8) is 0 Å². The molecule has 0 radical (unpaired) electrons. The number of methoxy groups -OCH3 is 1. The van der Waals surface area contributed by atoms with Crippen molar-refractivity contribution in [3.05, 3.63) is 88.2 Å². The molecule has 0 aliphatic heterocycles. The summed E-state index contributed by atoms with van der Waals surface area (Å²) in [5.74, 6) is -0.357. The minimum absolute atomic E-state index is 0.0154. The Balaban J connectivity index is 2.00. The number of benzene rings is 3. The quantitative estimate of drug-likeness (QED) is 0.347. The highest BCUT2D eigenvalue weighted by Gasteiger charge is 2.18. The lowest BCUT2D eigenvalue weighted by Crippen LogP contribution is -2.05. The summed E-state index contributed by atoms with van der Waals surface area (Å²) >= 11 is 0. The first kappa shape index (κ1) is 19.5. The molecule has 0 N–H and O–H groups in total. The van der Waals surface area contributed by atoms with Gasteiger partial charge in [-0.2, -0.15) is 0 Å². The number of nitro benzene ring substituents is 1. The monoisotopic (exact) mass is 401 g/mol. The predicted molar refractivity (Wildman–Crippen MR) is 102 cm³/mol. The van der Waals surface area contributed by atoms with E-state index in [1.165, 1.54) is 31.4 Å². The molecule has 0 atom stereocenters. The van der Waals surface area contributed by atoms with E-state index in [2.05, 4.69) is 0 Å². The third-order valence-electron chi connectivity index (χ3n) is 4.16. The zero-order valence-corrected chi connectivity index (χ0v) is 15.6. The van der Waals surface area contributed by atoms with Crippen LogP contribution in [-0.2, 0) is 15.6 Å². The van der Waals surface area contributed by atoms with Crippen LogP contribution in [0.3, 0.4) is 0 Å². The van der Waals surface area contributed by atoms with E-state index in [1.807, 2.05) is 0 Å². The Bertz CT molecular complexity index is 1130. The molecule has 0 spiro atoms. The maximum absolute atomic E-state index is 13.1. The Hall–Kier alpha value is -3.26. The van der Waals surface area contributed by atoms with Crippen molar-refractivity contribution in [2.45, 2.75) is 10.6 Å². The highest BCUT2D eigenvalue weighted by atomic mass is 32.2. The molecule has 0 saturated heterocycles. The van der Waals surface area contributed by atoms with Crippen LogP contribution >= 0.6 is 0 Å². The summed E-state index contributed by atoms with van der Waals surface area (Å²) in [6, 6.07) is 15.5. The van der Waals surface area contributed by atoms with Gasteiger partial charge in [-0.1, -0.05) is 18.2 Å². The van der Waals surface area contributed by atoms with Crippen molar-refractivity contribution >= 4 is 15.5 Å². The van der Waals surface area contributed by atoms with Gasteiger partial charge in [0.15, 0.2) is 9.84 Å². The van der Waals surface area contributed by atoms with E-state index in [0.29, 0.717) is 22.4 Å². The third kappa shape index (κ3) is 4.17. The van der Waals surface area contributed by atoms with Gasteiger partial charge in [0.2, 0.25) is 0 Å². The first-order valence-electron chi connectivity index (χ1n) is 8.20. The van der Waals surface area contributed by atoms with E-state index in [4.69, 9.17) is 4.74 Å². The molecule has 3 aromatic rings. The lowest BCUT2D eigenvalue weighted by atomic mass is 10.0. The first-order valence-corrected chi connectivity index (χ1v) is 9.85. The zero-order valence-electron chi connectivity index (χ0n) is 14.8. The summed E-state index contributed by atoms with van der Waals surface area (Å²) in [5, 5.41) is 11.0. The van der Waals surface area contributed by atoms with Crippen LogP contribution in [-0.4, -0.2) is 20.5 Å². The van der Waals surface area contributed by atoms with Crippen molar-refractivity contribution in [1.29, 1.82) is 0 Å². The van der Waals surface area contributed by atoms with Crippen LogP contribution < -0.4 is 4.74 Å². The summed E-state index contributed by atoms with van der Waals surface area (Å²) in [5.41, 5.74) is 1.47. The summed E-state index contributed by atoms with van der Waals surface area (Å²) in [6.45, 7) is 0. The summed E-state index contributed by atoms with van der Waals surface area (Å²) in [7, 11) is -2.22. The van der Waals surface area contributed by atoms with Crippen molar-refractivity contribution in [3.8, 4) is 16.9 Å². The van der Waals surface area contributed by atoms with Gasteiger partial charge in [0.25, 0.3) is 5.69 Å². The largest absolute Gasteiger partial charge is 0.496 e. The van der Waals surface area contributed by atoms with E-state index in [0.717, 1.165) is 12.1 Å². The fourth-order valence-corrected chi connectivity index (χ4v) is 4.14. The van der Waals surface area contributed by atoms with E-state index < -0.39 is 20.6 Å². The summed E-state index contributed by atoms with van der Waals surface area (Å²) in [6.07, 6.45) is 0. The maximum atomic E-state index is 13.1. The minimum Gasteiger partial charge on any atom is -0.496 e. The van der Waals surface area contributed by atoms with E-state index in [9.17, 15) is 22.9 Å². The van der Waals surface area contributed by atoms with Gasteiger partial charge in [0.1, 0.15) is 11.6 Å². The molecule has 0 aliphatic rings. The Morgan fingerprint density at radius 1 is 1.04 bits per heavy atom. The van der Waals surface area contributed by atoms with Crippen molar-refractivity contribution < 1.29 is 22.5 Å². The predicted octanol–water partition coefficient (Wildman–Crippen LogP) is 4.38. The van der Waals surface area contributed by atoms with Gasteiger partial charge in [0, 0.05) is 17.7 Å². The normalized spacial score (nSPS) is 11.2. The Kier molecular flexibility index (Phi) is 5.41. The van der Waals surface area contributed by atoms with Gasteiger partial charge in [-0.05, 0) is 47.5 Å². The van der Waals surface area contributed by atoms with Crippen LogP contribution in [0.4, 0.5) is 10.1 Å². The average Bonchev–Trinajstić information content (AvgIpc) is 2.68. The molecule has 0 aromatic heterocycles. The molecule has 0 unspecified atom stereocenters. The highest BCUT2D eigenvalue weighted by molar-refractivity contribution is 7.90. The molecule has 28 heavy (non-hydrogen) atoms. The maximum Gasteiger partial charge on any atom is 0.270 e. The molecular formula is C20H16FNO5S. The van der Waals surface area contributed by atoms with E-state index >= 15 is 0 Å². The number of hydrogen-bond acceptors (Lipinski definition) is 5. The van der Waals surface area contributed by atoms with E-state index in [1.54, 1.807) is 30.3 Å². The molecule has 3 aromatic carbocycles. The minimum atomic E-state index is -3.69. The van der Waals surface area contributed by atoms with Crippen LogP contribution in [0.2, 0.25) is 0 Å². The van der Waals surface area contributed by atoms with Crippen LogP contribution in [0.25, 0.3) is 11.1 Å². The SMILES string of the molecule is COc1ccc(CS(=O)(=O)c2ccc(F)cc2)cc1-c1cccc([N+](=O)[O-])c1. The third-order valence-corrected chi connectivity index (χ3v) is 5.87. The Morgan fingerprint density at radius 2 is 1.75 bits per heavy atom. The fourth-order valence-electron chi connectivity index (χ4n) is 2.80. The van der Waals surface area contributed by atoms with E-state index in [-0.39, 0.29) is 16.3 Å². The number of sulfone groups is 1. The van der Waals surface area contributed by atoms with Gasteiger partial charge < -0.3 is 4.74 Å². The smallest absolute Gasteiger partial charge is 0.270 e. The average molecular weight is 401 g/mol. The second-order valence-corrected chi connectivity index (χ2v) is 8.04. The molecule has 0 heterocycles. The number of halogens is 1. The summed E-state index contributed by atoms with van der Waals surface area (Å²) in [4.78, 5) is 10.6. The number of rotatable bonds is 6. The molecule has 144 valence electrons. The number of nitro groups is 1. The number of non-ortho nitro benzene ring substituents is 1. The molecule has 8 heteroatoms. The molecule has 0 bridgehead atoms. The van der Waals surface area contributed by atoms with Gasteiger partial charge in [0.05, 0.1) is 22.7 Å².